The second kappa shape index (κ2) is 9.70. The Labute approximate surface area is 201 Å². The number of hydrogen-bond donors (Lipinski definition) is 2. The molecule has 2 heterocycles. The van der Waals surface area contributed by atoms with E-state index in [1.807, 2.05) is 7.05 Å². The lowest BCUT2D eigenvalue weighted by molar-refractivity contribution is -0.190. The van der Waals surface area contributed by atoms with Gasteiger partial charge in [-0.25, -0.2) is 9.18 Å². The summed E-state index contributed by atoms with van der Waals surface area (Å²) in [6.45, 7) is 1.57. The van der Waals surface area contributed by atoms with Crippen LogP contribution in [0.4, 0.5) is 29.1 Å². The number of aromatic nitrogens is 2. The molecule has 3 aromatic rings. The minimum atomic E-state index is -5.28. The predicted molar refractivity (Wildman–Crippen MR) is 119 cm³/mol. The summed E-state index contributed by atoms with van der Waals surface area (Å²) in [5, 5.41) is 13.0. The molecular weight excluding hydrogens is 496 g/mol. The fourth-order valence-corrected chi connectivity index (χ4v) is 3.74. The van der Waals surface area contributed by atoms with Crippen molar-refractivity contribution in [3.63, 3.8) is 0 Å². The first kappa shape index (κ1) is 24.7. The molecule has 0 atom stereocenters. The van der Waals surface area contributed by atoms with E-state index in [1.54, 1.807) is 0 Å². The SMILES string of the molecule is CN1CCC(Oc2cc(O)cc3nc(OC(=O)C(F)(F)F)nc(Nc4ccc(F)c(Cl)c4)c23)CC1. The smallest absolute Gasteiger partial charge is 0.491 e. The molecule has 186 valence electrons. The molecule has 1 aliphatic rings. The summed E-state index contributed by atoms with van der Waals surface area (Å²) in [5.74, 6) is -3.41. The van der Waals surface area contributed by atoms with Crippen LogP contribution in [0.1, 0.15) is 12.8 Å². The molecule has 0 amide bonds. The fourth-order valence-electron chi connectivity index (χ4n) is 3.56. The maximum Gasteiger partial charge on any atom is 0.491 e. The van der Waals surface area contributed by atoms with Gasteiger partial charge < -0.3 is 24.8 Å². The Kier molecular flexibility index (Phi) is 6.86. The second-order valence-corrected chi connectivity index (χ2v) is 8.36. The molecule has 1 aromatic heterocycles. The number of carbonyl (C=O) groups is 1. The summed E-state index contributed by atoms with van der Waals surface area (Å²) in [6.07, 6.45) is -4.08. The summed E-state index contributed by atoms with van der Waals surface area (Å²) in [7, 11) is 1.98. The van der Waals surface area contributed by atoms with Crippen LogP contribution in [0, 0.1) is 5.82 Å². The topological polar surface area (TPSA) is 96.8 Å². The van der Waals surface area contributed by atoms with Gasteiger partial charge in [0.25, 0.3) is 0 Å². The van der Waals surface area contributed by atoms with Crippen molar-refractivity contribution in [2.75, 3.05) is 25.5 Å². The predicted octanol–water partition coefficient (Wildman–Crippen LogP) is 4.81. The number of nitrogens with one attached hydrogen (secondary N) is 1. The van der Waals surface area contributed by atoms with E-state index in [0.29, 0.717) is 12.8 Å². The summed E-state index contributed by atoms with van der Waals surface area (Å²) in [6, 6.07) is 5.23. The molecule has 13 heteroatoms. The van der Waals surface area contributed by atoms with Crippen LogP contribution in [0.3, 0.4) is 0 Å². The van der Waals surface area contributed by atoms with Crippen LogP contribution in [0.25, 0.3) is 10.9 Å². The van der Waals surface area contributed by atoms with Crippen LogP contribution in [-0.4, -0.2) is 58.4 Å². The third kappa shape index (κ3) is 5.82. The van der Waals surface area contributed by atoms with E-state index in [2.05, 4.69) is 24.9 Å². The highest BCUT2D eigenvalue weighted by Crippen LogP contribution is 2.38. The first-order valence-corrected chi connectivity index (χ1v) is 10.8. The van der Waals surface area contributed by atoms with Crippen molar-refractivity contribution in [2.24, 2.45) is 0 Å². The number of phenols is 1. The molecule has 1 fully saturated rings. The largest absolute Gasteiger partial charge is 0.508 e. The molecule has 0 radical (unpaired) electrons. The van der Waals surface area contributed by atoms with E-state index < -0.39 is 24.0 Å². The van der Waals surface area contributed by atoms with Gasteiger partial charge in [-0.05, 0) is 38.1 Å². The maximum atomic E-state index is 13.6. The summed E-state index contributed by atoms with van der Waals surface area (Å²) >= 11 is 5.84. The van der Waals surface area contributed by atoms with Crippen LogP contribution in [0.15, 0.2) is 30.3 Å². The number of aromatic hydroxyl groups is 1. The number of hydrogen-bond acceptors (Lipinski definition) is 8. The van der Waals surface area contributed by atoms with Crippen molar-refractivity contribution in [3.8, 4) is 17.5 Å². The Hall–Kier alpha value is -3.38. The van der Waals surface area contributed by atoms with Crippen molar-refractivity contribution in [1.82, 2.24) is 14.9 Å². The van der Waals surface area contributed by atoms with Crippen molar-refractivity contribution in [1.29, 1.82) is 0 Å². The molecule has 0 bridgehead atoms. The Morgan fingerprint density at radius 1 is 1.20 bits per heavy atom. The van der Waals surface area contributed by atoms with Crippen LogP contribution in [-0.2, 0) is 4.79 Å². The number of nitrogens with zero attached hydrogens (tertiary/aromatic N) is 3. The highest BCUT2D eigenvalue weighted by molar-refractivity contribution is 6.31. The number of phenolic OH excluding ortho intramolecular Hbond substituents is 1. The molecule has 2 N–H and O–H groups in total. The minimum absolute atomic E-state index is 0.0522. The Morgan fingerprint density at radius 2 is 1.91 bits per heavy atom. The first-order valence-electron chi connectivity index (χ1n) is 10.4. The van der Waals surface area contributed by atoms with Gasteiger partial charge in [0.1, 0.15) is 29.2 Å². The molecule has 8 nitrogen and oxygen atoms in total. The average Bonchev–Trinajstić information content (AvgIpc) is 2.76. The van der Waals surface area contributed by atoms with Crippen LogP contribution in [0.5, 0.6) is 17.5 Å². The average molecular weight is 515 g/mol. The lowest BCUT2D eigenvalue weighted by atomic mass is 10.1. The molecule has 0 spiro atoms. The quantitative estimate of drug-likeness (QED) is 0.370. The van der Waals surface area contributed by atoms with Gasteiger partial charge in [-0.2, -0.15) is 23.1 Å². The number of anilines is 2. The minimum Gasteiger partial charge on any atom is -0.508 e. The zero-order valence-electron chi connectivity index (χ0n) is 18.2. The zero-order chi connectivity index (χ0) is 25.3. The fraction of sp³-hybridized carbons (Fsp3) is 0.318. The number of alkyl halides is 3. The number of carbonyl (C=O) groups excluding carboxylic acids is 1. The van der Waals surface area contributed by atoms with E-state index >= 15 is 0 Å². The van der Waals surface area contributed by atoms with Gasteiger partial charge in [-0.15, -0.1) is 0 Å². The highest BCUT2D eigenvalue weighted by Gasteiger charge is 2.42. The number of piperidine rings is 1. The number of ether oxygens (including phenoxy) is 2. The van der Waals surface area contributed by atoms with E-state index in [4.69, 9.17) is 16.3 Å². The van der Waals surface area contributed by atoms with Crippen LogP contribution >= 0.6 is 11.6 Å². The van der Waals surface area contributed by atoms with Gasteiger partial charge >= 0.3 is 18.2 Å². The molecule has 0 aliphatic carbocycles. The van der Waals surface area contributed by atoms with Crippen molar-refractivity contribution < 1.29 is 36.9 Å². The molecule has 4 rings (SSSR count). The standard InChI is InChI=1S/C22H19ClF4N4O4/c1-31-6-4-13(5-7-31)34-17-10-12(32)9-16-18(17)19(28-11-2-3-15(24)14(23)8-11)30-21(29-16)35-20(33)22(25,26)27/h2-3,8-10,13,32H,4-7H2,1H3,(H,28,29,30). The number of halogens is 5. The van der Waals surface area contributed by atoms with Crippen molar-refractivity contribution in [3.05, 3.63) is 41.2 Å². The van der Waals surface area contributed by atoms with Gasteiger partial charge in [-0.1, -0.05) is 11.6 Å². The maximum absolute atomic E-state index is 13.6. The lowest BCUT2D eigenvalue weighted by Crippen LogP contribution is -2.35. The van der Waals surface area contributed by atoms with Gasteiger partial charge in [0, 0.05) is 30.9 Å². The Morgan fingerprint density at radius 3 is 2.57 bits per heavy atom. The van der Waals surface area contributed by atoms with Crippen LogP contribution < -0.4 is 14.8 Å². The van der Waals surface area contributed by atoms with Crippen molar-refractivity contribution in [2.45, 2.75) is 25.1 Å². The Balaban J connectivity index is 1.80. The number of fused-ring (bicyclic) bond motifs is 1. The number of esters is 1. The van der Waals surface area contributed by atoms with Gasteiger partial charge in [0.15, 0.2) is 0 Å². The summed E-state index contributed by atoms with van der Waals surface area (Å²) < 4.78 is 62.2. The molecular formula is C22H19ClF4N4O4. The summed E-state index contributed by atoms with van der Waals surface area (Å²) in [4.78, 5) is 21.3. The number of likely N-dealkylation sites (tertiary alicyclic amines) is 1. The molecule has 0 saturated carbocycles. The number of rotatable bonds is 5. The monoisotopic (exact) mass is 514 g/mol. The third-order valence-electron chi connectivity index (χ3n) is 5.28. The molecule has 1 aliphatic heterocycles. The molecule has 35 heavy (non-hydrogen) atoms. The molecule has 2 aromatic carbocycles. The first-order chi connectivity index (χ1) is 16.5. The van der Waals surface area contributed by atoms with Gasteiger partial charge in [-0.3, -0.25) is 0 Å². The van der Waals surface area contributed by atoms with E-state index in [1.165, 1.54) is 18.2 Å². The van der Waals surface area contributed by atoms with Gasteiger partial charge in [0.05, 0.1) is 15.9 Å². The van der Waals surface area contributed by atoms with E-state index in [9.17, 15) is 27.5 Å². The van der Waals surface area contributed by atoms with Crippen LogP contribution in [0.2, 0.25) is 5.02 Å². The molecule has 1 saturated heterocycles. The van der Waals surface area contributed by atoms with E-state index in [0.717, 1.165) is 25.2 Å². The summed E-state index contributed by atoms with van der Waals surface area (Å²) in [5.41, 5.74) is 0.187. The van der Waals surface area contributed by atoms with Crippen molar-refractivity contribution >= 4 is 40.0 Å². The second-order valence-electron chi connectivity index (χ2n) is 7.95. The normalized spacial score (nSPS) is 15.3. The zero-order valence-corrected chi connectivity index (χ0v) is 19.0. The lowest BCUT2D eigenvalue weighted by Gasteiger charge is -2.29. The Bertz CT molecular complexity index is 1270. The number of benzene rings is 2. The third-order valence-corrected chi connectivity index (χ3v) is 5.57. The van der Waals surface area contributed by atoms with Gasteiger partial charge in [0.2, 0.25) is 0 Å². The van der Waals surface area contributed by atoms with E-state index in [-0.39, 0.29) is 45.0 Å². The highest BCUT2D eigenvalue weighted by atomic mass is 35.5. The molecule has 0 unspecified atom stereocenters.